The van der Waals surface area contributed by atoms with E-state index in [0.717, 1.165) is 22.7 Å². The van der Waals surface area contributed by atoms with E-state index in [9.17, 15) is 0 Å². The van der Waals surface area contributed by atoms with E-state index in [1.165, 1.54) is 78.1 Å². The summed E-state index contributed by atoms with van der Waals surface area (Å²) in [6, 6.07) is 80.8. The van der Waals surface area contributed by atoms with E-state index in [4.69, 9.17) is 0 Å². The van der Waals surface area contributed by atoms with Gasteiger partial charge in [-0.2, -0.15) is 0 Å². The van der Waals surface area contributed by atoms with Gasteiger partial charge in [0.25, 0.3) is 0 Å². The van der Waals surface area contributed by atoms with E-state index in [0.29, 0.717) is 0 Å². The van der Waals surface area contributed by atoms with Crippen molar-refractivity contribution >= 4 is 34.1 Å². The molecule has 284 valence electrons. The molecule has 12 rings (SSSR count). The van der Waals surface area contributed by atoms with Crippen LogP contribution < -0.4 is 9.80 Å². The van der Waals surface area contributed by atoms with Crippen LogP contribution in [0.25, 0.3) is 33.4 Å². The third-order valence-corrected chi connectivity index (χ3v) is 13.4. The van der Waals surface area contributed by atoms with Crippen LogP contribution in [-0.2, 0) is 10.8 Å². The smallest absolute Gasteiger partial charge is 0.0754 e. The molecule has 3 aliphatic rings. The van der Waals surface area contributed by atoms with Crippen LogP contribution in [0.1, 0.15) is 47.2 Å². The molecule has 9 aromatic rings. The Labute approximate surface area is 352 Å². The molecule has 0 atom stereocenters. The van der Waals surface area contributed by atoms with Crippen LogP contribution in [0.15, 0.2) is 218 Å². The first-order valence-corrected chi connectivity index (χ1v) is 21.0. The lowest BCUT2D eigenvalue weighted by atomic mass is 9.64. The number of hydrogen-bond donors (Lipinski definition) is 0. The summed E-state index contributed by atoms with van der Waals surface area (Å²) >= 11 is 0. The van der Waals surface area contributed by atoms with Gasteiger partial charge in [-0.1, -0.05) is 166 Å². The Morgan fingerprint density at radius 2 is 0.850 bits per heavy atom. The Kier molecular flexibility index (Phi) is 7.52. The molecule has 0 amide bonds. The highest BCUT2D eigenvalue weighted by Crippen LogP contribution is 2.64. The van der Waals surface area contributed by atoms with Crippen LogP contribution in [0.4, 0.5) is 34.1 Å². The summed E-state index contributed by atoms with van der Waals surface area (Å²) in [5.74, 6) is 0. The molecule has 2 heteroatoms. The molecule has 1 heterocycles. The fourth-order valence-electron chi connectivity index (χ4n) is 10.9. The summed E-state index contributed by atoms with van der Waals surface area (Å²) in [6.45, 7) is 4.80. The zero-order valence-electron chi connectivity index (χ0n) is 33.7. The first-order valence-electron chi connectivity index (χ1n) is 21.0. The normalized spacial score (nSPS) is 14.4. The third kappa shape index (κ3) is 4.76. The van der Waals surface area contributed by atoms with E-state index < -0.39 is 5.41 Å². The third-order valence-electron chi connectivity index (χ3n) is 13.4. The number of benzene rings is 9. The molecule has 0 radical (unpaired) electrons. The zero-order valence-corrected chi connectivity index (χ0v) is 33.7. The highest BCUT2D eigenvalue weighted by Gasteiger charge is 2.52. The Balaban J connectivity index is 1.03. The van der Waals surface area contributed by atoms with E-state index >= 15 is 0 Å². The van der Waals surface area contributed by atoms with Crippen molar-refractivity contribution < 1.29 is 0 Å². The maximum atomic E-state index is 2.49. The average molecular weight is 767 g/mol. The lowest BCUT2D eigenvalue weighted by Gasteiger charge is -2.45. The van der Waals surface area contributed by atoms with Gasteiger partial charge >= 0.3 is 0 Å². The molecule has 0 saturated carbocycles. The highest BCUT2D eigenvalue weighted by atomic mass is 15.2. The molecule has 0 fully saturated rings. The minimum atomic E-state index is -0.494. The van der Waals surface area contributed by atoms with Gasteiger partial charge in [0, 0.05) is 28.2 Å². The fourth-order valence-corrected chi connectivity index (χ4v) is 10.9. The second-order valence-electron chi connectivity index (χ2n) is 16.9. The second-order valence-corrected chi connectivity index (χ2v) is 16.9. The predicted octanol–water partition coefficient (Wildman–Crippen LogP) is 15.3. The lowest BCUT2D eigenvalue weighted by molar-refractivity contribution is 0.660. The van der Waals surface area contributed by atoms with Crippen molar-refractivity contribution in [2.45, 2.75) is 24.7 Å². The Bertz CT molecular complexity index is 3040. The number of anilines is 6. The summed E-state index contributed by atoms with van der Waals surface area (Å²) in [5.41, 5.74) is 22.1. The monoisotopic (exact) mass is 766 g/mol. The first-order chi connectivity index (χ1) is 29.5. The fraction of sp³-hybridized carbons (Fsp3) is 0.0690. The van der Waals surface area contributed by atoms with Gasteiger partial charge in [-0.3, -0.25) is 0 Å². The molecular formula is C58H42N2. The number of rotatable bonds is 5. The van der Waals surface area contributed by atoms with E-state index in [1.54, 1.807) is 0 Å². The molecule has 60 heavy (non-hydrogen) atoms. The molecule has 1 spiro atoms. The molecule has 1 aliphatic heterocycles. The summed E-state index contributed by atoms with van der Waals surface area (Å²) in [4.78, 5) is 4.82. The Morgan fingerprint density at radius 3 is 1.50 bits per heavy atom. The molecule has 2 nitrogen and oxygen atoms in total. The van der Waals surface area contributed by atoms with Crippen LogP contribution in [0, 0.1) is 0 Å². The van der Waals surface area contributed by atoms with E-state index in [-0.39, 0.29) is 5.41 Å². The summed E-state index contributed by atoms with van der Waals surface area (Å²) in [5, 5.41) is 0. The Morgan fingerprint density at radius 1 is 0.350 bits per heavy atom. The highest BCUT2D eigenvalue weighted by molar-refractivity contribution is 6.00. The van der Waals surface area contributed by atoms with Gasteiger partial charge in [-0.25, -0.2) is 0 Å². The maximum absolute atomic E-state index is 2.49. The van der Waals surface area contributed by atoms with E-state index in [2.05, 4.69) is 242 Å². The first kappa shape index (κ1) is 34.6. The van der Waals surface area contributed by atoms with Crippen LogP contribution >= 0.6 is 0 Å². The van der Waals surface area contributed by atoms with Gasteiger partial charge < -0.3 is 9.80 Å². The molecule has 0 saturated heterocycles. The van der Waals surface area contributed by atoms with Crippen molar-refractivity contribution in [1.82, 2.24) is 0 Å². The molecule has 0 unspecified atom stereocenters. The van der Waals surface area contributed by atoms with Gasteiger partial charge in [0.1, 0.15) is 0 Å². The van der Waals surface area contributed by atoms with Gasteiger partial charge in [-0.05, 0) is 133 Å². The molecule has 0 N–H and O–H groups in total. The molecule has 0 bridgehead atoms. The van der Waals surface area contributed by atoms with Crippen molar-refractivity contribution in [3.05, 3.63) is 252 Å². The minimum Gasteiger partial charge on any atom is -0.310 e. The lowest BCUT2D eigenvalue weighted by Crippen LogP contribution is -2.36. The van der Waals surface area contributed by atoms with Crippen molar-refractivity contribution in [1.29, 1.82) is 0 Å². The molecule has 2 aliphatic carbocycles. The summed E-state index contributed by atoms with van der Waals surface area (Å²) < 4.78 is 0. The largest absolute Gasteiger partial charge is 0.310 e. The van der Waals surface area contributed by atoms with Gasteiger partial charge in [-0.15, -0.1) is 0 Å². The number of fused-ring (bicyclic) bond motifs is 12. The van der Waals surface area contributed by atoms with Gasteiger partial charge in [0.15, 0.2) is 0 Å². The summed E-state index contributed by atoms with van der Waals surface area (Å²) in [6.07, 6.45) is 0. The van der Waals surface area contributed by atoms with Crippen molar-refractivity contribution in [2.75, 3.05) is 9.80 Å². The number of hydrogen-bond acceptors (Lipinski definition) is 2. The van der Waals surface area contributed by atoms with Crippen LogP contribution in [0.3, 0.4) is 0 Å². The Hall–Kier alpha value is -7.42. The number of para-hydroxylation sites is 5. The second kappa shape index (κ2) is 13.0. The quantitative estimate of drug-likeness (QED) is 0.172. The molecule has 9 aromatic carbocycles. The SMILES string of the molecule is CC1(C)c2cc(-c3cccc4c3-c3ccccc3C43c4ccccc4N(c4ccccc4)c4ccccc43)ccc2-c2ccc(N(c3ccccc3)c3ccccc3)cc21. The zero-order chi connectivity index (χ0) is 40.0. The van der Waals surface area contributed by atoms with Crippen LogP contribution in [0.5, 0.6) is 0 Å². The van der Waals surface area contributed by atoms with Gasteiger partial charge in [0.2, 0.25) is 0 Å². The molecule has 0 aromatic heterocycles. The molecular weight excluding hydrogens is 725 g/mol. The minimum absolute atomic E-state index is 0.213. The maximum Gasteiger partial charge on any atom is 0.0754 e. The van der Waals surface area contributed by atoms with Gasteiger partial charge in [0.05, 0.1) is 16.8 Å². The van der Waals surface area contributed by atoms with Crippen LogP contribution in [0.2, 0.25) is 0 Å². The summed E-state index contributed by atoms with van der Waals surface area (Å²) in [7, 11) is 0. The predicted molar refractivity (Wildman–Crippen MR) is 250 cm³/mol. The van der Waals surface area contributed by atoms with Crippen molar-refractivity contribution in [3.63, 3.8) is 0 Å². The standard InChI is InChI=1S/C58H42N2/c1-57(2)52-37-39(33-35-45(52)46-36-34-43(38-53(46)57)59(40-19-6-3-7-20-40)41-21-8-4-9-22-41)44-26-18-30-51-56(44)47-25-12-13-27-48(47)58(51)49-28-14-16-31-54(49)60(42-23-10-5-11-24-42)55-32-17-15-29-50(55)58/h3-38H,1-2H3. The topological polar surface area (TPSA) is 6.48 Å². The number of nitrogens with zero attached hydrogens (tertiary/aromatic N) is 2. The van der Waals surface area contributed by atoms with Crippen molar-refractivity contribution in [3.8, 4) is 33.4 Å². The average Bonchev–Trinajstić information content (AvgIpc) is 3.73. The van der Waals surface area contributed by atoms with Crippen LogP contribution in [-0.4, -0.2) is 0 Å². The van der Waals surface area contributed by atoms with Crippen molar-refractivity contribution in [2.24, 2.45) is 0 Å². The van der Waals surface area contributed by atoms with E-state index in [1.807, 2.05) is 0 Å².